The van der Waals surface area contributed by atoms with E-state index in [1.807, 2.05) is 33.9 Å². The van der Waals surface area contributed by atoms with Gasteiger partial charge in [0.2, 0.25) is 8.32 Å². The number of hydrogen-bond acceptors (Lipinski definition) is 1. The maximum absolute atomic E-state index is 13.4. The minimum absolute atomic E-state index is 0.0460. The van der Waals surface area contributed by atoms with Crippen molar-refractivity contribution in [2.75, 3.05) is 0 Å². The highest BCUT2D eigenvalue weighted by molar-refractivity contribution is 6.74. The first kappa shape index (κ1) is 17.3. The predicted octanol–water partition coefficient (Wildman–Crippen LogP) is 5.88. The van der Waals surface area contributed by atoms with Crippen LogP contribution < -0.4 is 4.43 Å². The summed E-state index contributed by atoms with van der Waals surface area (Å²) in [5, 5.41) is -0.778. The van der Waals surface area contributed by atoms with Crippen LogP contribution in [0, 0.1) is 5.82 Å². The van der Waals surface area contributed by atoms with Crippen molar-refractivity contribution in [1.29, 1.82) is 0 Å². The smallest absolute Gasteiger partial charge is 0.419 e. The van der Waals surface area contributed by atoms with E-state index in [0.717, 1.165) is 6.07 Å². The summed E-state index contributed by atoms with van der Waals surface area (Å²) >= 11 is 5.53. The Bertz CT molecular complexity index is 506. The van der Waals surface area contributed by atoms with Gasteiger partial charge in [-0.05, 0) is 24.2 Å². The molecule has 0 N–H and O–H groups in total. The minimum Gasteiger partial charge on any atom is -0.543 e. The Labute approximate surface area is 122 Å². The van der Waals surface area contributed by atoms with Crippen molar-refractivity contribution in [3.05, 3.63) is 28.5 Å². The summed E-state index contributed by atoms with van der Waals surface area (Å²) in [6, 6.07) is 1.76. The topological polar surface area (TPSA) is 9.23 Å². The molecule has 0 bridgehead atoms. The van der Waals surface area contributed by atoms with Crippen molar-refractivity contribution >= 4 is 19.9 Å². The molecule has 0 aromatic heterocycles. The van der Waals surface area contributed by atoms with E-state index >= 15 is 0 Å². The van der Waals surface area contributed by atoms with Gasteiger partial charge in [0.15, 0.2) is 5.82 Å². The molecule has 0 saturated carbocycles. The SMILES string of the molecule is CC(C)(C)[Si](C)(C)Oc1cc(Cl)c(F)c(C(F)(F)F)c1. The van der Waals surface area contributed by atoms with Gasteiger partial charge in [-0.15, -0.1) is 0 Å². The highest BCUT2D eigenvalue weighted by Gasteiger charge is 2.40. The minimum atomic E-state index is -4.81. The highest BCUT2D eigenvalue weighted by atomic mass is 35.5. The monoisotopic (exact) mass is 328 g/mol. The molecule has 0 unspecified atom stereocenters. The third-order valence-electron chi connectivity index (χ3n) is 3.49. The molecule has 1 aromatic carbocycles. The first-order valence-corrected chi connectivity index (χ1v) is 9.29. The van der Waals surface area contributed by atoms with Crippen LogP contribution in [0.25, 0.3) is 0 Å². The molecule has 0 radical (unpaired) electrons. The number of rotatable bonds is 2. The molecule has 0 aliphatic heterocycles. The highest BCUT2D eigenvalue weighted by Crippen LogP contribution is 2.41. The summed E-state index contributed by atoms with van der Waals surface area (Å²) in [5.41, 5.74) is -1.40. The molecule has 1 rings (SSSR count). The Hall–Kier alpha value is -0.753. The largest absolute Gasteiger partial charge is 0.543 e. The van der Waals surface area contributed by atoms with Crippen LogP contribution in [0.1, 0.15) is 26.3 Å². The molecule has 20 heavy (non-hydrogen) atoms. The lowest BCUT2D eigenvalue weighted by molar-refractivity contribution is -0.140. The summed E-state index contributed by atoms with van der Waals surface area (Å²) in [7, 11) is -2.32. The van der Waals surface area contributed by atoms with Gasteiger partial charge in [0.25, 0.3) is 0 Å². The fraction of sp³-hybridized carbons (Fsp3) is 0.538. The van der Waals surface area contributed by atoms with Gasteiger partial charge < -0.3 is 4.43 Å². The van der Waals surface area contributed by atoms with Crippen molar-refractivity contribution in [3.8, 4) is 5.75 Å². The fourth-order valence-corrected chi connectivity index (χ4v) is 2.50. The maximum Gasteiger partial charge on any atom is 0.419 e. The normalized spacial score (nSPS) is 13.5. The van der Waals surface area contributed by atoms with Crippen LogP contribution in [0.2, 0.25) is 23.2 Å². The van der Waals surface area contributed by atoms with E-state index in [9.17, 15) is 17.6 Å². The van der Waals surface area contributed by atoms with E-state index in [0.29, 0.717) is 6.07 Å². The second-order valence-electron chi connectivity index (χ2n) is 6.13. The molecule has 7 heteroatoms. The number of alkyl halides is 3. The Morgan fingerprint density at radius 2 is 1.60 bits per heavy atom. The zero-order valence-corrected chi connectivity index (χ0v) is 13.7. The van der Waals surface area contributed by atoms with E-state index in [4.69, 9.17) is 16.0 Å². The summed E-state index contributed by atoms with van der Waals surface area (Å²) in [6.07, 6.45) is -4.81. The third kappa shape index (κ3) is 3.66. The average molecular weight is 329 g/mol. The van der Waals surface area contributed by atoms with Gasteiger partial charge in [0, 0.05) is 6.07 Å². The van der Waals surface area contributed by atoms with Crippen molar-refractivity contribution in [3.63, 3.8) is 0 Å². The molecule has 0 spiro atoms. The number of hydrogen-bond donors (Lipinski definition) is 0. The molecule has 0 amide bonds. The van der Waals surface area contributed by atoms with E-state index in [1.165, 1.54) is 0 Å². The van der Waals surface area contributed by atoms with Gasteiger partial charge in [-0.25, -0.2) is 4.39 Å². The van der Waals surface area contributed by atoms with Crippen LogP contribution in [-0.4, -0.2) is 8.32 Å². The van der Waals surface area contributed by atoms with Crippen LogP contribution in [0.4, 0.5) is 17.6 Å². The summed E-state index contributed by atoms with van der Waals surface area (Å²) in [5.74, 6) is -1.52. The summed E-state index contributed by atoms with van der Waals surface area (Å²) in [4.78, 5) is 0. The van der Waals surface area contributed by atoms with Gasteiger partial charge in [-0.1, -0.05) is 32.4 Å². The zero-order chi connectivity index (χ0) is 15.9. The molecule has 0 aliphatic rings. The second kappa shape index (κ2) is 5.22. The Balaban J connectivity index is 3.26. The van der Waals surface area contributed by atoms with Crippen LogP contribution in [-0.2, 0) is 6.18 Å². The van der Waals surface area contributed by atoms with Crippen molar-refractivity contribution in [1.82, 2.24) is 0 Å². The van der Waals surface area contributed by atoms with Crippen molar-refractivity contribution in [2.45, 2.75) is 45.1 Å². The predicted molar refractivity (Wildman–Crippen MR) is 74.2 cm³/mol. The first-order valence-electron chi connectivity index (χ1n) is 6.01. The third-order valence-corrected chi connectivity index (χ3v) is 8.12. The summed E-state index contributed by atoms with van der Waals surface area (Å²) < 4.78 is 57.4. The zero-order valence-electron chi connectivity index (χ0n) is 12.0. The van der Waals surface area contributed by atoms with Gasteiger partial charge in [0.05, 0.1) is 10.6 Å². The Morgan fingerprint density at radius 1 is 1.10 bits per heavy atom. The molecular weight excluding hydrogens is 312 g/mol. The second-order valence-corrected chi connectivity index (χ2v) is 11.3. The van der Waals surface area contributed by atoms with Crippen molar-refractivity contribution in [2.24, 2.45) is 0 Å². The van der Waals surface area contributed by atoms with Crippen LogP contribution in [0.3, 0.4) is 0 Å². The number of benzene rings is 1. The van der Waals surface area contributed by atoms with E-state index < -0.39 is 30.9 Å². The quantitative estimate of drug-likeness (QED) is 0.486. The van der Waals surface area contributed by atoms with Gasteiger partial charge in [0.1, 0.15) is 5.75 Å². The first-order chi connectivity index (χ1) is 8.75. The van der Waals surface area contributed by atoms with Gasteiger partial charge in [-0.2, -0.15) is 13.2 Å². The lowest BCUT2D eigenvalue weighted by atomic mass is 10.2. The maximum atomic E-state index is 13.4. The van der Waals surface area contributed by atoms with Crippen LogP contribution >= 0.6 is 11.6 Å². The molecule has 0 fully saturated rings. The van der Waals surface area contributed by atoms with Gasteiger partial charge in [-0.3, -0.25) is 0 Å². The molecule has 0 heterocycles. The molecule has 0 saturated heterocycles. The van der Waals surface area contributed by atoms with E-state index in [1.54, 1.807) is 0 Å². The Morgan fingerprint density at radius 3 is 2.00 bits per heavy atom. The summed E-state index contributed by atoms with van der Waals surface area (Å²) in [6.45, 7) is 9.63. The lowest BCUT2D eigenvalue weighted by Gasteiger charge is -2.36. The molecule has 114 valence electrons. The van der Waals surface area contributed by atoms with Crippen LogP contribution in [0.15, 0.2) is 12.1 Å². The van der Waals surface area contributed by atoms with E-state index in [2.05, 4.69) is 0 Å². The lowest BCUT2D eigenvalue weighted by Crippen LogP contribution is -2.43. The number of halogens is 5. The molecular formula is C13H17ClF4OSi. The molecule has 1 nitrogen and oxygen atoms in total. The average Bonchev–Trinajstić information content (AvgIpc) is 2.19. The molecule has 0 aliphatic carbocycles. The Kier molecular flexibility index (Phi) is 4.51. The van der Waals surface area contributed by atoms with Crippen molar-refractivity contribution < 1.29 is 22.0 Å². The van der Waals surface area contributed by atoms with E-state index in [-0.39, 0.29) is 10.8 Å². The molecule has 1 aromatic rings. The molecule has 0 atom stereocenters. The fourth-order valence-electron chi connectivity index (χ4n) is 1.28. The van der Waals surface area contributed by atoms with Gasteiger partial charge >= 0.3 is 6.18 Å². The van der Waals surface area contributed by atoms with Crippen LogP contribution in [0.5, 0.6) is 5.75 Å². The standard InChI is InChI=1S/C13H17ClF4OSi/c1-12(2,3)20(4,5)19-8-6-9(13(16,17)18)11(15)10(14)7-8/h6-7H,1-5H3.